The first-order chi connectivity index (χ1) is 10.5. The molecule has 0 aliphatic heterocycles. The third-order valence-corrected chi connectivity index (χ3v) is 3.29. The van der Waals surface area contributed by atoms with Crippen LogP contribution in [0.1, 0.15) is 24.0 Å². The molecule has 1 rings (SSSR count). The topological polar surface area (TPSA) is 81.7 Å². The molecule has 0 heterocycles. The SMILES string of the molecule is COC(=O)CCC(=O)N[C@@H](Cc1ccccc1C)C(=O)OC. The van der Waals surface area contributed by atoms with Gasteiger partial charge in [0.2, 0.25) is 5.91 Å². The Morgan fingerprint density at radius 3 is 2.36 bits per heavy atom. The van der Waals surface area contributed by atoms with E-state index in [4.69, 9.17) is 4.74 Å². The molecule has 120 valence electrons. The minimum atomic E-state index is -0.781. The second kappa shape index (κ2) is 8.81. The fraction of sp³-hybridized carbons (Fsp3) is 0.438. The number of carbonyl (C=O) groups excluding carboxylic acids is 3. The highest BCUT2D eigenvalue weighted by atomic mass is 16.5. The van der Waals surface area contributed by atoms with Gasteiger partial charge in [-0.15, -0.1) is 0 Å². The Balaban J connectivity index is 2.69. The van der Waals surface area contributed by atoms with Crippen molar-refractivity contribution in [1.82, 2.24) is 5.32 Å². The first kappa shape index (κ1) is 17.7. The van der Waals surface area contributed by atoms with Gasteiger partial charge in [-0.3, -0.25) is 9.59 Å². The molecule has 6 heteroatoms. The fourth-order valence-electron chi connectivity index (χ4n) is 1.98. The fourth-order valence-corrected chi connectivity index (χ4v) is 1.98. The lowest BCUT2D eigenvalue weighted by Crippen LogP contribution is -2.43. The van der Waals surface area contributed by atoms with Crippen molar-refractivity contribution in [1.29, 1.82) is 0 Å². The molecule has 0 saturated heterocycles. The van der Waals surface area contributed by atoms with E-state index in [1.165, 1.54) is 14.2 Å². The number of hydrogen-bond acceptors (Lipinski definition) is 5. The van der Waals surface area contributed by atoms with Crippen LogP contribution in [0.5, 0.6) is 0 Å². The highest BCUT2D eigenvalue weighted by Gasteiger charge is 2.22. The van der Waals surface area contributed by atoms with Crippen LogP contribution in [0, 0.1) is 6.92 Å². The monoisotopic (exact) mass is 307 g/mol. The molecule has 0 unspecified atom stereocenters. The van der Waals surface area contributed by atoms with Gasteiger partial charge in [-0.1, -0.05) is 24.3 Å². The average molecular weight is 307 g/mol. The molecular weight excluding hydrogens is 286 g/mol. The molecule has 6 nitrogen and oxygen atoms in total. The van der Waals surface area contributed by atoms with Crippen molar-refractivity contribution in [3.8, 4) is 0 Å². The van der Waals surface area contributed by atoms with Crippen molar-refractivity contribution in [2.75, 3.05) is 14.2 Å². The number of nitrogens with one attached hydrogen (secondary N) is 1. The van der Waals surface area contributed by atoms with Crippen molar-refractivity contribution < 1.29 is 23.9 Å². The van der Waals surface area contributed by atoms with Gasteiger partial charge in [0.1, 0.15) is 6.04 Å². The summed E-state index contributed by atoms with van der Waals surface area (Å²) in [5.41, 5.74) is 1.98. The van der Waals surface area contributed by atoms with Gasteiger partial charge in [-0.2, -0.15) is 0 Å². The summed E-state index contributed by atoms with van der Waals surface area (Å²) >= 11 is 0. The van der Waals surface area contributed by atoms with Crippen LogP contribution >= 0.6 is 0 Å². The number of amides is 1. The van der Waals surface area contributed by atoms with Crippen molar-refractivity contribution >= 4 is 17.8 Å². The minimum Gasteiger partial charge on any atom is -0.469 e. The lowest BCUT2D eigenvalue weighted by Gasteiger charge is -2.17. The molecule has 1 amide bonds. The van der Waals surface area contributed by atoms with Crippen LogP contribution in [0.25, 0.3) is 0 Å². The van der Waals surface area contributed by atoms with E-state index in [1.54, 1.807) is 0 Å². The normalized spacial score (nSPS) is 11.4. The summed E-state index contributed by atoms with van der Waals surface area (Å²) in [5.74, 6) is -1.38. The van der Waals surface area contributed by atoms with Crippen molar-refractivity contribution in [2.24, 2.45) is 0 Å². The van der Waals surface area contributed by atoms with Crippen LogP contribution in [0.3, 0.4) is 0 Å². The number of benzene rings is 1. The average Bonchev–Trinajstić information content (AvgIpc) is 2.53. The number of esters is 2. The first-order valence-electron chi connectivity index (χ1n) is 6.96. The Hall–Kier alpha value is -2.37. The second-order valence-corrected chi connectivity index (χ2v) is 4.85. The molecule has 0 aliphatic carbocycles. The molecule has 0 aliphatic rings. The van der Waals surface area contributed by atoms with Gasteiger partial charge in [0, 0.05) is 12.8 Å². The lowest BCUT2D eigenvalue weighted by atomic mass is 10.0. The van der Waals surface area contributed by atoms with Crippen molar-refractivity contribution in [3.63, 3.8) is 0 Å². The number of ether oxygens (including phenoxy) is 2. The van der Waals surface area contributed by atoms with E-state index in [-0.39, 0.29) is 12.8 Å². The zero-order valence-electron chi connectivity index (χ0n) is 13.0. The molecule has 0 spiro atoms. The highest BCUT2D eigenvalue weighted by molar-refractivity contribution is 5.86. The van der Waals surface area contributed by atoms with Crippen molar-refractivity contribution in [3.05, 3.63) is 35.4 Å². The molecule has 0 saturated carbocycles. The summed E-state index contributed by atoms with van der Waals surface area (Å²) in [4.78, 5) is 34.7. The largest absolute Gasteiger partial charge is 0.469 e. The zero-order chi connectivity index (χ0) is 16.5. The van der Waals surface area contributed by atoms with Crippen molar-refractivity contribution in [2.45, 2.75) is 32.2 Å². The van der Waals surface area contributed by atoms with Gasteiger partial charge in [-0.25, -0.2) is 4.79 Å². The van der Waals surface area contributed by atoms with E-state index in [0.717, 1.165) is 11.1 Å². The van der Waals surface area contributed by atoms with E-state index in [1.807, 2.05) is 31.2 Å². The lowest BCUT2D eigenvalue weighted by molar-refractivity contribution is -0.145. The molecule has 1 atom stereocenters. The van der Waals surface area contributed by atoms with E-state index >= 15 is 0 Å². The first-order valence-corrected chi connectivity index (χ1v) is 6.96. The summed E-state index contributed by atoms with van der Waals surface area (Å²) in [5, 5.41) is 2.60. The third-order valence-electron chi connectivity index (χ3n) is 3.29. The zero-order valence-corrected chi connectivity index (χ0v) is 13.0. The molecule has 0 fully saturated rings. The summed E-state index contributed by atoms with van der Waals surface area (Å²) in [6, 6.07) is 6.82. The summed E-state index contributed by atoms with van der Waals surface area (Å²) in [7, 11) is 2.53. The Kier molecular flexibility index (Phi) is 7.08. The number of methoxy groups -OCH3 is 2. The number of rotatable bonds is 7. The predicted molar refractivity (Wildman–Crippen MR) is 80.1 cm³/mol. The maximum absolute atomic E-state index is 11.8. The number of hydrogen-bond donors (Lipinski definition) is 1. The Labute approximate surface area is 129 Å². The third kappa shape index (κ3) is 5.55. The molecule has 0 radical (unpaired) electrons. The van der Waals surface area contributed by atoms with Gasteiger partial charge in [0.25, 0.3) is 0 Å². The van der Waals surface area contributed by atoms with Gasteiger partial charge in [0.15, 0.2) is 0 Å². The molecule has 1 aromatic carbocycles. The molecular formula is C16H21NO5. The molecule has 1 N–H and O–H groups in total. The van der Waals surface area contributed by atoms with Crippen LogP contribution in [0.4, 0.5) is 0 Å². The van der Waals surface area contributed by atoms with Gasteiger partial charge < -0.3 is 14.8 Å². The predicted octanol–water partition coefficient (Wildman–Crippen LogP) is 1.15. The van der Waals surface area contributed by atoms with Gasteiger partial charge in [-0.05, 0) is 18.1 Å². The quantitative estimate of drug-likeness (QED) is 0.764. The molecule has 0 aromatic heterocycles. The van der Waals surface area contributed by atoms with E-state index < -0.39 is 23.9 Å². The van der Waals surface area contributed by atoms with Crippen LogP contribution in [-0.2, 0) is 30.3 Å². The Bertz CT molecular complexity index is 541. The molecule has 0 bridgehead atoms. The Morgan fingerprint density at radius 2 is 1.77 bits per heavy atom. The summed E-state index contributed by atoms with van der Waals surface area (Å²) in [6.07, 6.45) is 0.276. The Morgan fingerprint density at radius 1 is 1.09 bits per heavy atom. The second-order valence-electron chi connectivity index (χ2n) is 4.85. The number of carbonyl (C=O) groups is 3. The van der Waals surface area contributed by atoms with Crippen LogP contribution in [0.2, 0.25) is 0 Å². The standard InChI is InChI=1S/C16H21NO5/c1-11-6-4-5-7-12(11)10-13(16(20)22-3)17-14(18)8-9-15(19)21-2/h4-7,13H,8-10H2,1-3H3,(H,17,18)/t13-/m0/s1. The smallest absolute Gasteiger partial charge is 0.328 e. The number of aryl methyl sites for hydroxylation is 1. The summed E-state index contributed by atoms with van der Waals surface area (Å²) < 4.78 is 9.20. The molecule has 1 aromatic rings. The van der Waals surface area contributed by atoms with Gasteiger partial charge in [0.05, 0.1) is 20.6 Å². The molecule has 22 heavy (non-hydrogen) atoms. The van der Waals surface area contributed by atoms with E-state index in [9.17, 15) is 14.4 Å². The van der Waals surface area contributed by atoms with Gasteiger partial charge >= 0.3 is 11.9 Å². The minimum absolute atomic E-state index is 0.0272. The highest BCUT2D eigenvalue weighted by Crippen LogP contribution is 2.11. The maximum atomic E-state index is 11.8. The van der Waals surface area contributed by atoms with E-state index in [2.05, 4.69) is 10.1 Å². The van der Waals surface area contributed by atoms with E-state index in [0.29, 0.717) is 6.42 Å². The maximum Gasteiger partial charge on any atom is 0.328 e. The van der Waals surface area contributed by atoms with Crippen LogP contribution in [-0.4, -0.2) is 38.1 Å². The van der Waals surface area contributed by atoms with Crippen LogP contribution < -0.4 is 5.32 Å². The van der Waals surface area contributed by atoms with Crippen LogP contribution in [0.15, 0.2) is 24.3 Å². The summed E-state index contributed by atoms with van der Waals surface area (Å²) in [6.45, 7) is 1.93.